The fourth-order valence-electron chi connectivity index (χ4n) is 7.32. The molecule has 21 nitrogen and oxygen atoms in total. The number of nitro benzene ring substituents is 1. The van der Waals surface area contributed by atoms with Crippen molar-refractivity contribution in [3.63, 3.8) is 0 Å². The zero-order valence-corrected chi connectivity index (χ0v) is 50.9. The van der Waals surface area contributed by atoms with E-state index < -0.39 is 57.6 Å². The standard InChI is InChI=1S/C20H30FN3O4S.C11H24N2O2S.C7H4ClNO4.C7H7FN2O.C6H15N.C5H5N/c1-20(2,3)29(27,28)23-12-14-4-10-17(11-5-14)24-19(26)22-13-18(25)15-6-8-16(21)9-7-15;1-11(2,3)16(14,15)13-8-9-4-6-10(12)7-5-9;8-7(10)13-6-3-1-5(2-4-6)9(11)12;8-6-3-1-5(2-4-6)7(11)10-9;1-4-7(5-2)6-3;1-2-4-6-5-3-1/h6-9,14,17,23H,4-5,10-13H2,1-3H3,(H2,22,24,26);9-10,13H,4-8,12H2,1-3H3;1-4H;1-4H,9H2,(H,10,11);4-6H2,1-3H3;1-5H. The van der Waals surface area contributed by atoms with E-state index in [9.17, 15) is 54.9 Å². The normalized spacial score (nSPS) is 16.8. The molecule has 2 aliphatic rings. The minimum atomic E-state index is -3.35. The number of carbonyl (C=O) groups is 4. The number of hydrazine groups is 1. The van der Waals surface area contributed by atoms with Gasteiger partial charge < -0.3 is 26.0 Å². The van der Waals surface area contributed by atoms with Crippen LogP contribution in [0.2, 0.25) is 0 Å². The number of nitrogen functional groups attached to an aromatic ring is 1. The number of rotatable bonds is 16. The molecule has 0 bridgehead atoms. The predicted molar refractivity (Wildman–Crippen MR) is 317 cm³/mol. The van der Waals surface area contributed by atoms with Gasteiger partial charge in [0.15, 0.2) is 5.78 Å². The molecule has 4 aromatic rings. The van der Waals surface area contributed by atoms with Crippen molar-refractivity contribution in [2.45, 2.75) is 135 Å². The lowest BCUT2D eigenvalue weighted by molar-refractivity contribution is -0.384. The molecular formula is C56H85ClF2N10O11S2. The average Bonchev–Trinajstić information content (AvgIpc) is 3.44. The molecule has 2 fully saturated rings. The van der Waals surface area contributed by atoms with Crippen LogP contribution < -0.4 is 41.8 Å². The molecule has 0 aliphatic heterocycles. The van der Waals surface area contributed by atoms with Crippen LogP contribution in [0.15, 0.2) is 103 Å². The number of hydrogen-bond acceptors (Lipinski definition) is 15. The van der Waals surface area contributed by atoms with Crippen LogP contribution in [0.25, 0.3) is 0 Å². The van der Waals surface area contributed by atoms with Gasteiger partial charge in [0.1, 0.15) is 17.4 Å². The Morgan fingerprint density at radius 1 is 0.695 bits per heavy atom. The first kappa shape index (κ1) is 74.0. The quantitative estimate of drug-likeness (QED) is 0.0137. The van der Waals surface area contributed by atoms with Crippen molar-refractivity contribution < 1.29 is 54.5 Å². The van der Waals surface area contributed by atoms with Gasteiger partial charge in [-0.25, -0.2) is 50.5 Å². The maximum absolute atomic E-state index is 12.9. The van der Waals surface area contributed by atoms with Gasteiger partial charge in [-0.1, -0.05) is 26.8 Å². The number of Topliss-reactive ketones (excluding diaryl/α,β-unsaturated/α-hetero) is 1. The number of carbonyl (C=O) groups excluding carboxylic acids is 4. The Bertz CT molecular complexity index is 2690. The summed E-state index contributed by atoms with van der Waals surface area (Å²) < 4.78 is 81.4. The summed E-state index contributed by atoms with van der Waals surface area (Å²) in [7, 11) is -6.54. The molecule has 458 valence electrons. The van der Waals surface area contributed by atoms with Gasteiger partial charge in [0.25, 0.3) is 11.6 Å². The molecule has 82 heavy (non-hydrogen) atoms. The van der Waals surface area contributed by atoms with Crippen molar-refractivity contribution in [2.24, 2.45) is 23.4 Å². The summed E-state index contributed by atoms with van der Waals surface area (Å²) in [5.41, 5.74) is 7.38. The highest BCUT2D eigenvalue weighted by Crippen LogP contribution is 2.26. The molecule has 1 aromatic heterocycles. The van der Waals surface area contributed by atoms with E-state index >= 15 is 0 Å². The Labute approximate surface area is 488 Å². The minimum absolute atomic E-state index is 0.00797. The number of urea groups is 1. The summed E-state index contributed by atoms with van der Waals surface area (Å²) in [4.78, 5) is 60.8. The number of non-ortho nitro benzene ring substituents is 1. The number of ketones is 1. The molecule has 6 rings (SSSR count). The highest BCUT2D eigenvalue weighted by Gasteiger charge is 2.31. The fourth-order valence-corrected chi connectivity index (χ4v) is 9.19. The monoisotopic (exact) mass is 1210 g/mol. The van der Waals surface area contributed by atoms with E-state index in [4.69, 9.17) is 23.2 Å². The number of nitrogens with two attached hydrogens (primary N) is 2. The molecule has 0 spiro atoms. The van der Waals surface area contributed by atoms with Crippen LogP contribution in [0.4, 0.5) is 24.1 Å². The number of amides is 3. The van der Waals surface area contributed by atoms with Gasteiger partial charge >= 0.3 is 11.5 Å². The first-order valence-electron chi connectivity index (χ1n) is 26.9. The summed E-state index contributed by atoms with van der Waals surface area (Å²) in [5.74, 6) is 4.20. The SMILES string of the molecule is CC(C)(C)S(=O)(=O)NCC1CCC(N)CC1.CC(C)(C)S(=O)(=O)NCC1CCC(NC(=O)NCC(=O)c2ccc(F)cc2)CC1.CCN(CC)CC.NNC(=O)c1ccc(F)cc1.O=C(Cl)Oc1ccc([N+](=O)[O-])cc1.c1ccncc1. The van der Waals surface area contributed by atoms with E-state index in [1.165, 1.54) is 92.4 Å². The van der Waals surface area contributed by atoms with E-state index in [0.29, 0.717) is 36.2 Å². The second-order valence-corrected chi connectivity index (χ2v) is 26.2. The number of aromatic nitrogens is 1. The summed E-state index contributed by atoms with van der Waals surface area (Å²) in [5, 5.41) is 15.6. The van der Waals surface area contributed by atoms with Gasteiger partial charge in [-0.05, 0) is 197 Å². The summed E-state index contributed by atoms with van der Waals surface area (Å²) in [6.07, 6.45) is 10.7. The van der Waals surface area contributed by atoms with Crippen LogP contribution >= 0.6 is 11.6 Å². The molecule has 0 atom stereocenters. The molecule has 2 saturated carbocycles. The molecule has 0 radical (unpaired) electrons. The number of halogens is 3. The molecule has 26 heteroatoms. The number of hydrogen-bond donors (Lipinski definition) is 7. The number of pyridine rings is 1. The average molecular weight is 1210 g/mol. The Morgan fingerprint density at radius 3 is 1.46 bits per heavy atom. The van der Waals surface area contributed by atoms with Gasteiger partial charge in [-0.3, -0.25) is 30.1 Å². The molecule has 3 amide bonds. The Kier molecular flexibility index (Phi) is 34.2. The molecule has 9 N–H and O–H groups in total. The van der Waals surface area contributed by atoms with E-state index in [0.717, 1.165) is 51.4 Å². The second-order valence-electron chi connectivity index (χ2n) is 20.9. The van der Waals surface area contributed by atoms with Crippen LogP contribution in [0.1, 0.15) is 134 Å². The Morgan fingerprint density at radius 2 is 1.12 bits per heavy atom. The number of ether oxygens (including phenoxy) is 1. The minimum Gasteiger partial charge on any atom is -0.414 e. The van der Waals surface area contributed by atoms with E-state index in [1.807, 2.05) is 23.6 Å². The highest BCUT2D eigenvalue weighted by atomic mass is 35.5. The van der Waals surface area contributed by atoms with Crippen LogP contribution in [0.3, 0.4) is 0 Å². The van der Waals surface area contributed by atoms with Crippen molar-refractivity contribution >= 4 is 60.5 Å². The third-order valence-corrected chi connectivity index (χ3v) is 17.2. The third-order valence-electron chi connectivity index (χ3n) is 12.8. The van der Waals surface area contributed by atoms with Crippen molar-refractivity contribution in [1.29, 1.82) is 0 Å². The predicted octanol–water partition coefficient (Wildman–Crippen LogP) is 9.00. The van der Waals surface area contributed by atoms with Gasteiger partial charge in [0, 0.05) is 72.4 Å². The van der Waals surface area contributed by atoms with E-state index in [1.54, 1.807) is 53.9 Å². The molecule has 0 saturated heterocycles. The molecule has 0 unspecified atom stereocenters. The van der Waals surface area contributed by atoms with Crippen LogP contribution in [-0.4, -0.2) is 116 Å². The summed E-state index contributed by atoms with van der Waals surface area (Å²) >= 11 is 4.92. The summed E-state index contributed by atoms with van der Waals surface area (Å²) in [6, 6.07) is 20.9. The second kappa shape index (κ2) is 37.9. The van der Waals surface area contributed by atoms with Crippen LogP contribution in [-0.2, 0) is 20.0 Å². The van der Waals surface area contributed by atoms with E-state index in [2.05, 4.69) is 55.5 Å². The first-order valence-corrected chi connectivity index (χ1v) is 30.2. The van der Waals surface area contributed by atoms with Crippen molar-refractivity contribution in [1.82, 2.24) is 35.4 Å². The van der Waals surface area contributed by atoms with Crippen molar-refractivity contribution in [3.05, 3.63) is 136 Å². The topological polar surface area (TPSA) is 317 Å². The Hall–Kier alpha value is -6.06. The number of nitrogens with one attached hydrogen (secondary N) is 5. The number of sulfonamides is 2. The van der Waals surface area contributed by atoms with Gasteiger partial charge in [-0.15, -0.1) is 0 Å². The first-order chi connectivity index (χ1) is 38.4. The molecular weight excluding hydrogens is 1130 g/mol. The van der Waals surface area contributed by atoms with Gasteiger partial charge in [0.2, 0.25) is 20.0 Å². The number of nitrogens with zero attached hydrogens (tertiary/aromatic N) is 3. The number of benzene rings is 3. The smallest absolute Gasteiger partial charge is 0.409 e. The Balaban J connectivity index is 0.000000537. The lowest BCUT2D eigenvalue weighted by Crippen LogP contribution is -2.46. The fraction of sp³-hybridized carbons (Fsp3) is 0.518. The molecule has 2 aliphatic carbocycles. The number of nitro groups is 1. The van der Waals surface area contributed by atoms with Gasteiger partial charge in [0.05, 0.1) is 21.0 Å². The molecule has 1 heterocycles. The maximum atomic E-state index is 12.9. The van der Waals surface area contributed by atoms with Crippen molar-refractivity contribution in [2.75, 3.05) is 39.3 Å². The van der Waals surface area contributed by atoms with E-state index in [-0.39, 0.29) is 41.5 Å². The van der Waals surface area contributed by atoms with Crippen molar-refractivity contribution in [3.8, 4) is 5.75 Å². The van der Waals surface area contributed by atoms with Gasteiger partial charge in [-0.2, -0.15) is 0 Å². The maximum Gasteiger partial charge on any atom is 0.409 e. The molecule has 3 aromatic carbocycles. The highest BCUT2D eigenvalue weighted by molar-refractivity contribution is 7.91. The summed E-state index contributed by atoms with van der Waals surface area (Å²) in [6.45, 7) is 21.1. The lowest BCUT2D eigenvalue weighted by Gasteiger charge is -2.30. The zero-order valence-electron chi connectivity index (χ0n) is 48.5. The zero-order chi connectivity index (χ0) is 62.1. The third kappa shape index (κ3) is 30.8. The lowest BCUT2D eigenvalue weighted by atomic mass is 9.86. The van der Waals surface area contributed by atoms with Crippen LogP contribution in [0.5, 0.6) is 5.75 Å². The largest absolute Gasteiger partial charge is 0.414 e. The van der Waals surface area contributed by atoms with Crippen LogP contribution in [0, 0.1) is 33.6 Å².